The van der Waals surface area contributed by atoms with Gasteiger partial charge >= 0.3 is 6.18 Å². The van der Waals surface area contributed by atoms with E-state index >= 15 is 0 Å². The average Bonchev–Trinajstić information content (AvgIpc) is 2.83. The predicted molar refractivity (Wildman–Crippen MR) is 69.6 cm³/mol. The maximum atomic E-state index is 12.6. The lowest BCUT2D eigenvalue weighted by molar-refractivity contribution is -0.141. The van der Waals surface area contributed by atoms with E-state index in [-0.39, 0.29) is 0 Å². The largest absolute Gasteiger partial charge is 0.435 e. The molecular weight excluding hydrogens is 271 g/mol. The number of halogens is 3. The van der Waals surface area contributed by atoms with Crippen LogP contribution in [0.2, 0.25) is 0 Å². The first-order chi connectivity index (χ1) is 9.52. The van der Waals surface area contributed by atoms with Crippen molar-refractivity contribution in [2.75, 3.05) is 25.0 Å². The summed E-state index contributed by atoms with van der Waals surface area (Å²) in [6, 6.07) is 0.995. The van der Waals surface area contributed by atoms with Gasteiger partial charge in [0.05, 0.1) is 0 Å². The van der Waals surface area contributed by atoms with Crippen LogP contribution >= 0.6 is 0 Å². The van der Waals surface area contributed by atoms with Gasteiger partial charge in [-0.2, -0.15) is 18.3 Å². The zero-order valence-electron chi connectivity index (χ0n) is 11.0. The van der Waals surface area contributed by atoms with Crippen molar-refractivity contribution >= 4 is 11.3 Å². The van der Waals surface area contributed by atoms with Gasteiger partial charge in [-0.1, -0.05) is 6.92 Å². The number of hydrogen-bond acceptors (Lipinski definition) is 4. The van der Waals surface area contributed by atoms with Crippen molar-refractivity contribution in [1.29, 1.82) is 0 Å². The van der Waals surface area contributed by atoms with Gasteiger partial charge in [0.1, 0.15) is 5.52 Å². The Kier molecular flexibility index (Phi) is 4.43. The fourth-order valence-electron chi connectivity index (χ4n) is 1.77. The van der Waals surface area contributed by atoms with Crippen LogP contribution in [-0.2, 0) is 6.18 Å². The molecule has 2 aromatic heterocycles. The number of nitrogens with zero attached hydrogens (tertiary/aromatic N) is 3. The fraction of sp³-hybridized carbons (Fsp3) is 0.500. The minimum atomic E-state index is -4.45. The fourth-order valence-corrected chi connectivity index (χ4v) is 1.77. The topological polar surface area (TPSA) is 54.2 Å². The van der Waals surface area contributed by atoms with E-state index in [1.54, 1.807) is 0 Å². The number of anilines is 1. The number of aromatic nitrogens is 3. The molecule has 0 aliphatic rings. The maximum absolute atomic E-state index is 12.6. The molecule has 2 rings (SSSR count). The van der Waals surface area contributed by atoms with E-state index in [1.165, 1.54) is 16.9 Å². The Labute approximate surface area is 114 Å². The Hall–Kier alpha value is -1.83. The van der Waals surface area contributed by atoms with Crippen LogP contribution in [0.4, 0.5) is 19.0 Å². The second-order valence-corrected chi connectivity index (χ2v) is 4.31. The third kappa shape index (κ3) is 3.38. The molecule has 0 atom stereocenters. The van der Waals surface area contributed by atoms with Crippen molar-refractivity contribution in [1.82, 2.24) is 19.9 Å². The minimum Gasteiger partial charge on any atom is -0.367 e. The van der Waals surface area contributed by atoms with Gasteiger partial charge in [0.25, 0.3) is 0 Å². The van der Waals surface area contributed by atoms with Crippen molar-refractivity contribution in [2.24, 2.45) is 0 Å². The summed E-state index contributed by atoms with van der Waals surface area (Å²) < 4.78 is 39.0. The Morgan fingerprint density at radius 3 is 2.75 bits per heavy atom. The molecular formula is C12H16F3N5. The number of fused-ring (bicyclic) bond motifs is 1. The highest BCUT2D eigenvalue weighted by molar-refractivity contribution is 5.67. The highest BCUT2D eigenvalue weighted by atomic mass is 19.4. The lowest BCUT2D eigenvalue weighted by atomic mass is 10.3. The number of alkyl halides is 3. The molecule has 0 radical (unpaired) electrons. The molecule has 2 heterocycles. The molecule has 0 bridgehead atoms. The van der Waals surface area contributed by atoms with E-state index in [4.69, 9.17) is 0 Å². The van der Waals surface area contributed by atoms with E-state index in [0.29, 0.717) is 17.9 Å². The summed E-state index contributed by atoms with van der Waals surface area (Å²) in [5.74, 6) is 0.397. The van der Waals surface area contributed by atoms with Gasteiger partial charge in [-0.3, -0.25) is 0 Å². The zero-order valence-corrected chi connectivity index (χ0v) is 11.0. The standard InChI is InChI=1S/C12H16F3N5/c1-2-3-16-4-5-17-11-9-8-10(12(13,14)15)19-20(9)7-6-18-11/h6-8,16H,2-5H2,1H3,(H,17,18). The Morgan fingerprint density at radius 1 is 1.25 bits per heavy atom. The molecule has 20 heavy (non-hydrogen) atoms. The highest BCUT2D eigenvalue weighted by Gasteiger charge is 2.34. The summed E-state index contributed by atoms with van der Waals surface area (Å²) in [5, 5.41) is 9.70. The zero-order chi connectivity index (χ0) is 14.6. The van der Waals surface area contributed by atoms with Crippen LogP contribution in [0.5, 0.6) is 0 Å². The summed E-state index contributed by atoms with van der Waals surface area (Å²) in [6.45, 7) is 4.27. The normalized spacial score (nSPS) is 12.0. The van der Waals surface area contributed by atoms with E-state index in [1.807, 2.05) is 0 Å². The number of nitrogens with one attached hydrogen (secondary N) is 2. The molecule has 0 aromatic carbocycles. The molecule has 0 aliphatic carbocycles. The van der Waals surface area contributed by atoms with E-state index in [0.717, 1.165) is 25.6 Å². The van der Waals surface area contributed by atoms with Crippen LogP contribution in [-0.4, -0.2) is 34.2 Å². The lowest BCUT2D eigenvalue weighted by Crippen LogP contribution is -2.23. The Balaban J connectivity index is 2.11. The molecule has 2 aromatic rings. The highest BCUT2D eigenvalue weighted by Crippen LogP contribution is 2.29. The summed E-state index contributed by atoms with van der Waals surface area (Å²) >= 11 is 0. The molecule has 0 aliphatic heterocycles. The van der Waals surface area contributed by atoms with Gasteiger partial charge < -0.3 is 10.6 Å². The molecule has 0 amide bonds. The second kappa shape index (κ2) is 6.08. The van der Waals surface area contributed by atoms with Crippen molar-refractivity contribution in [3.63, 3.8) is 0 Å². The molecule has 0 saturated heterocycles. The quantitative estimate of drug-likeness (QED) is 0.799. The molecule has 0 unspecified atom stereocenters. The molecule has 0 spiro atoms. The van der Waals surface area contributed by atoms with E-state index in [2.05, 4.69) is 27.6 Å². The van der Waals surface area contributed by atoms with Crippen molar-refractivity contribution in [3.8, 4) is 0 Å². The summed E-state index contributed by atoms with van der Waals surface area (Å²) in [5.41, 5.74) is -0.604. The van der Waals surface area contributed by atoms with Crippen LogP contribution in [0, 0.1) is 0 Å². The van der Waals surface area contributed by atoms with Gasteiger partial charge in [-0.05, 0) is 13.0 Å². The molecule has 2 N–H and O–H groups in total. The molecule has 8 heteroatoms. The second-order valence-electron chi connectivity index (χ2n) is 4.31. The van der Waals surface area contributed by atoms with Crippen LogP contribution in [0.1, 0.15) is 19.0 Å². The first-order valence-corrected chi connectivity index (χ1v) is 6.38. The van der Waals surface area contributed by atoms with Crippen LogP contribution < -0.4 is 10.6 Å². The molecule has 0 saturated carbocycles. The van der Waals surface area contributed by atoms with Crippen LogP contribution in [0.3, 0.4) is 0 Å². The summed E-state index contributed by atoms with van der Waals surface area (Å²) in [4.78, 5) is 4.05. The number of rotatable bonds is 6. The molecule has 5 nitrogen and oxygen atoms in total. The van der Waals surface area contributed by atoms with E-state index < -0.39 is 11.9 Å². The Bertz CT molecular complexity index is 564. The first-order valence-electron chi connectivity index (χ1n) is 6.38. The maximum Gasteiger partial charge on any atom is 0.435 e. The van der Waals surface area contributed by atoms with Crippen LogP contribution in [0.25, 0.3) is 5.52 Å². The summed E-state index contributed by atoms with van der Waals surface area (Å²) in [7, 11) is 0. The Morgan fingerprint density at radius 2 is 2.05 bits per heavy atom. The van der Waals surface area contributed by atoms with Crippen molar-refractivity contribution < 1.29 is 13.2 Å². The van der Waals surface area contributed by atoms with E-state index in [9.17, 15) is 13.2 Å². The van der Waals surface area contributed by atoms with Gasteiger partial charge in [-0.15, -0.1) is 0 Å². The predicted octanol–water partition coefficient (Wildman–Crippen LogP) is 2.16. The number of hydrogen-bond donors (Lipinski definition) is 2. The van der Waals surface area contributed by atoms with Gasteiger partial charge in [0.15, 0.2) is 11.5 Å². The molecule has 110 valence electrons. The average molecular weight is 287 g/mol. The SMILES string of the molecule is CCCNCCNc1nccn2nc(C(F)(F)F)cc12. The summed E-state index contributed by atoms with van der Waals surface area (Å²) in [6.07, 6.45) is -0.607. The first kappa shape index (κ1) is 14.6. The third-order valence-electron chi connectivity index (χ3n) is 2.70. The molecule has 0 fully saturated rings. The van der Waals surface area contributed by atoms with Gasteiger partial charge in [0.2, 0.25) is 0 Å². The van der Waals surface area contributed by atoms with Crippen LogP contribution in [0.15, 0.2) is 18.5 Å². The minimum absolute atomic E-state index is 0.315. The van der Waals surface area contributed by atoms with Crippen molar-refractivity contribution in [3.05, 3.63) is 24.2 Å². The van der Waals surface area contributed by atoms with Gasteiger partial charge in [0, 0.05) is 31.5 Å². The monoisotopic (exact) mass is 287 g/mol. The lowest BCUT2D eigenvalue weighted by Gasteiger charge is -2.07. The smallest absolute Gasteiger partial charge is 0.367 e. The third-order valence-corrected chi connectivity index (χ3v) is 2.70. The van der Waals surface area contributed by atoms with Crippen molar-refractivity contribution in [2.45, 2.75) is 19.5 Å². The van der Waals surface area contributed by atoms with Gasteiger partial charge in [-0.25, -0.2) is 9.50 Å².